The molecule has 0 unspecified atom stereocenters. The van der Waals surface area contributed by atoms with Crippen molar-refractivity contribution in [2.75, 3.05) is 17.5 Å². The van der Waals surface area contributed by atoms with Gasteiger partial charge in [-0.3, -0.25) is 0 Å². The van der Waals surface area contributed by atoms with E-state index in [0.717, 1.165) is 5.92 Å². The molecular formula is C7H14IN. The van der Waals surface area contributed by atoms with Gasteiger partial charge in [-0.15, -0.1) is 0 Å². The summed E-state index contributed by atoms with van der Waals surface area (Å²) in [6.07, 6.45) is 4.40. The van der Waals surface area contributed by atoms with Gasteiger partial charge in [0.25, 0.3) is 0 Å². The van der Waals surface area contributed by atoms with Gasteiger partial charge >= 0.3 is 0 Å². The van der Waals surface area contributed by atoms with Crippen molar-refractivity contribution in [1.82, 2.24) is 5.32 Å². The van der Waals surface area contributed by atoms with E-state index in [1.54, 1.807) is 0 Å². The van der Waals surface area contributed by atoms with Crippen LogP contribution in [0.15, 0.2) is 0 Å². The highest BCUT2D eigenvalue weighted by atomic mass is 127. The van der Waals surface area contributed by atoms with Gasteiger partial charge in [0.15, 0.2) is 0 Å². The summed E-state index contributed by atoms with van der Waals surface area (Å²) in [6, 6.07) is 0. The molecule has 1 aliphatic rings. The summed E-state index contributed by atoms with van der Waals surface area (Å²) in [6.45, 7) is 2.46. The Morgan fingerprint density at radius 2 is 2.22 bits per heavy atom. The van der Waals surface area contributed by atoms with Crippen LogP contribution in [0, 0.1) is 5.92 Å². The first-order valence-electron chi connectivity index (χ1n) is 3.70. The van der Waals surface area contributed by atoms with E-state index in [1.807, 2.05) is 0 Å². The average Bonchev–Trinajstić information content (AvgIpc) is 1.76. The number of nitrogens with one attached hydrogen (secondary N) is 1. The van der Waals surface area contributed by atoms with E-state index in [0.29, 0.717) is 0 Å². The van der Waals surface area contributed by atoms with Gasteiger partial charge in [0.05, 0.1) is 0 Å². The summed E-state index contributed by atoms with van der Waals surface area (Å²) < 4.78 is 1.24. The van der Waals surface area contributed by atoms with Crippen LogP contribution in [0.1, 0.15) is 19.3 Å². The number of rotatable bonds is 4. The highest BCUT2D eigenvalue weighted by Gasteiger charge is 2.15. The van der Waals surface area contributed by atoms with Gasteiger partial charge in [-0.1, -0.05) is 29.0 Å². The zero-order valence-corrected chi connectivity index (χ0v) is 7.86. The highest BCUT2D eigenvalue weighted by molar-refractivity contribution is 14.1. The van der Waals surface area contributed by atoms with Crippen molar-refractivity contribution in [2.45, 2.75) is 19.3 Å². The summed E-state index contributed by atoms with van der Waals surface area (Å²) in [5.74, 6) is 1.02. The molecule has 0 heterocycles. The first kappa shape index (κ1) is 7.79. The molecule has 0 atom stereocenters. The summed E-state index contributed by atoms with van der Waals surface area (Å²) in [4.78, 5) is 0. The first-order valence-corrected chi connectivity index (χ1v) is 5.22. The number of hydrogen-bond acceptors (Lipinski definition) is 1. The quantitative estimate of drug-likeness (QED) is 0.448. The molecule has 0 aromatic heterocycles. The van der Waals surface area contributed by atoms with E-state index in [9.17, 15) is 0 Å². The molecule has 0 aliphatic heterocycles. The van der Waals surface area contributed by atoms with Gasteiger partial charge in [-0.2, -0.15) is 0 Å². The molecule has 1 saturated carbocycles. The molecule has 2 heteroatoms. The van der Waals surface area contributed by atoms with E-state index in [-0.39, 0.29) is 0 Å². The van der Waals surface area contributed by atoms with Crippen molar-refractivity contribution >= 4 is 22.6 Å². The minimum Gasteiger partial charge on any atom is -0.316 e. The second-order valence-electron chi connectivity index (χ2n) is 2.69. The topological polar surface area (TPSA) is 12.0 Å². The third-order valence-corrected chi connectivity index (χ3v) is 2.47. The molecule has 0 aromatic carbocycles. The van der Waals surface area contributed by atoms with Crippen LogP contribution in [-0.2, 0) is 0 Å². The fourth-order valence-corrected chi connectivity index (χ4v) is 1.45. The normalized spacial score (nSPS) is 19.7. The SMILES string of the molecule is ICCNCC1CCC1. The van der Waals surface area contributed by atoms with Gasteiger partial charge in [0.1, 0.15) is 0 Å². The summed E-state index contributed by atoms with van der Waals surface area (Å²) in [5, 5.41) is 3.43. The van der Waals surface area contributed by atoms with Gasteiger partial charge in [0, 0.05) is 11.0 Å². The number of halogens is 1. The maximum absolute atomic E-state index is 3.43. The molecule has 1 fully saturated rings. The van der Waals surface area contributed by atoms with E-state index >= 15 is 0 Å². The lowest BCUT2D eigenvalue weighted by molar-refractivity contribution is 0.304. The Hall–Kier alpha value is 0.690. The highest BCUT2D eigenvalue weighted by Crippen LogP contribution is 2.24. The summed E-state index contributed by atoms with van der Waals surface area (Å²) >= 11 is 2.40. The Morgan fingerprint density at radius 1 is 1.44 bits per heavy atom. The lowest BCUT2D eigenvalue weighted by atomic mass is 9.85. The van der Waals surface area contributed by atoms with Crippen molar-refractivity contribution in [3.05, 3.63) is 0 Å². The van der Waals surface area contributed by atoms with Crippen molar-refractivity contribution < 1.29 is 0 Å². The molecule has 1 N–H and O–H groups in total. The fraction of sp³-hybridized carbons (Fsp3) is 1.00. The van der Waals surface area contributed by atoms with Crippen LogP contribution >= 0.6 is 22.6 Å². The fourth-order valence-electron chi connectivity index (χ4n) is 1.07. The first-order chi connectivity index (χ1) is 4.43. The molecule has 0 saturated heterocycles. The maximum Gasteiger partial charge on any atom is 0.0121 e. The minimum atomic E-state index is 1.02. The largest absolute Gasteiger partial charge is 0.316 e. The predicted molar refractivity (Wildman–Crippen MR) is 49.1 cm³/mol. The summed E-state index contributed by atoms with van der Waals surface area (Å²) in [5.41, 5.74) is 0. The van der Waals surface area contributed by atoms with Crippen molar-refractivity contribution in [1.29, 1.82) is 0 Å². The minimum absolute atomic E-state index is 1.02. The van der Waals surface area contributed by atoms with Gasteiger partial charge in [-0.25, -0.2) is 0 Å². The van der Waals surface area contributed by atoms with Crippen LogP contribution in [0.3, 0.4) is 0 Å². The second kappa shape index (κ2) is 4.50. The third kappa shape index (κ3) is 2.85. The molecule has 1 nitrogen and oxygen atoms in total. The second-order valence-corrected chi connectivity index (χ2v) is 3.77. The molecule has 1 rings (SSSR count). The molecule has 1 aliphatic carbocycles. The number of hydrogen-bond donors (Lipinski definition) is 1. The van der Waals surface area contributed by atoms with E-state index in [2.05, 4.69) is 27.9 Å². The molecule has 54 valence electrons. The van der Waals surface area contributed by atoms with Crippen LogP contribution in [0.25, 0.3) is 0 Å². The van der Waals surface area contributed by atoms with Crippen LogP contribution in [0.5, 0.6) is 0 Å². The maximum atomic E-state index is 3.43. The van der Waals surface area contributed by atoms with Gasteiger partial charge < -0.3 is 5.32 Å². The Bertz CT molecular complexity index is 71.3. The lowest BCUT2D eigenvalue weighted by Crippen LogP contribution is -2.28. The van der Waals surface area contributed by atoms with E-state index < -0.39 is 0 Å². The molecule has 0 aromatic rings. The Labute approximate surface area is 70.7 Å². The zero-order chi connectivity index (χ0) is 6.53. The van der Waals surface area contributed by atoms with Crippen LogP contribution < -0.4 is 5.32 Å². The van der Waals surface area contributed by atoms with Crippen molar-refractivity contribution in [3.8, 4) is 0 Å². The molecule has 9 heavy (non-hydrogen) atoms. The zero-order valence-electron chi connectivity index (χ0n) is 5.70. The molecule has 0 bridgehead atoms. The van der Waals surface area contributed by atoms with Crippen molar-refractivity contribution in [2.24, 2.45) is 5.92 Å². The Morgan fingerprint density at radius 3 is 2.67 bits per heavy atom. The molecular weight excluding hydrogens is 225 g/mol. The molecule has 0 radical (unpaired) electrons. The predicted octanol–water partition coefficient (Wildman–Crippen LogP) is 1.81. The van der Waals surface area contributed by atoms with Crippen LogP contribution in [0.2, 0.25) is 0 Å². The van der Waals surface area contributed by atoms with E-state index in [1.165, 1.54) is 36.8 Å². The van der Waals surface area contributed by atoms with Gasteiger partial charge in [0.2, 0.25) is 0 Å². The van der Waals surface area contributed by atoms with Crippen molar-refractivity contribution in [3.63, 3.8) is 0 Å². The molecule has 0 amide bonds. The molecule has 0 spiro atoms. The standard InChI is InChI=1S/C7H14IN/c8-4-5-9-6-7-2-1-3-7/h7,9H,1-6H2. The third-order valence-electron chi connectivity index (χ3n) is 1.93. The monoisotopic (exact) mass is 239 g/mol. The average molecular weight is 239 g/mol. The van der Waals surface area contributed by atoms with Crippen LogP contribution in [-0.4, -0.2) is 17.5 Å². The smallest absolute Gasteiger partial charge is 0.0121 e. The lowest BCUT2D eigenvalue weighted by Gasteiger charge is -2.25. The summed E-state index contributed by atoms with van der Waals surface area (Å²) in [7, 11) is 0. The number of alkyl halides is 1. The van der Waals surface area contributed by atoms with E-state index in [4.69, 9.17) is 0 Å². The Balaban J connectivity index is 1.80. The Kier molecular flexibility index (Phi) is 3.89. The van der Waals surface area contributed by atoms with Gasteiger partial charge in [-0.05, 0) is 25.3 Å². The van der Waals surface area contributed by atoms with Crippen LogP contribution in [0.4, 0.5) is 0 Å².